The summed E-state index contributed by atoms with van der Waals surface area (Å²) in [5, 5.41) is 0. The average Bonchev–Trinajstić information content (AvgIpc) is 2.89. The van der Waals surface area contributed by atoms with Crippen molar-refractivity contribution in [2.75, 3.05) is 0 Å². The second kappa shape index (κ2) is 3.38. The van der Waals surface area contributed by atoms with Gasteiger partial charge in [0.25, 0.3) is 0 Å². The van der Waals surface area contributed by atoms with Crippen LogP contribution in [0.15, 0.2) is 29.2 Å². The molecule has 0 aliphatic heterocycles. The maximum Gasteiger partial charge on any atom is 0.168 e. The lowest BCUT2D eigenvalue weighted by molar-refractivity contribution is 0.303. The van der Waals surface area contributed by atoms with Crippen LogP contribution in [0.1, 0.15) is 12.8 Å². The Morgan fingerprint density at radius 1 is 1.15 bits per heavy atom. The molecule has 0 unspecified atom stereocenters. The van der Waals surface area contributed by atoms with Crippen LogP contribution in [0, 0.1) is 0 Å². The highest BCUT2D eigenvalue weighted by atomic mass is 32.2. The number of benzene rings is 1. The Morgan fingerprint density at radius 2 is 1.77 bits per heavy atom. The van der Waals surface area contributed by atoms with Crippen LogP contribution >= 0.6 is 0 Å². The largest absolute Gasteiger partial charge is 0.490 e. The summed E-state index contributed by atoms with van der Waals surface area (Å²) in [5.74, 6) is 0.753. The molecule has 13 heavy (non-hydrogen) atoms. The van der Waals surface area contributed by atoms with E-state index in [1.165, 1.54) is 0 Å². The Kier molecular flexibility index (Phi) is 2.22. The zero-order chi connectivity index (χ0) is 9.26. The van der Waals surface area contributed by atoms with Gasteiger partial charge in [-0.15, -0.1) is 0 Å². The van der Waals surface area contributed by atoms with Crippen LogP contribution in [-0.4, -0.2) is 14.5 Å². The van der Waals surface area contributed by atoms with Crippen LogP contribution in [0.3, 0.4) is 0 Å². The lowest BCUT2D eigenvalue weighted by Crippen LogP contribution is -1.95. The van der Waals surface area contributed by atoms with Gasteiger partial charge in [0.2, 0.25) is 0 Å². The fraction of sp³-hybridized carbons (Fsp3) is 0.333. The van der Waals surface area contributed by atoms with Gasteiger partial charge in [-0.3, -0.25) is 0 Å². The van der Waals surface area contributed by atoms with E-state index >= 15 is 0 Å². The first-order chi connectivity index (χ1) is 6.25. The smallest absolute Gasteiger partial charge is 0.168 e. The maximum atomic E-state index is 10.5. The molecule has 0 amide bonds. The molecular weight excluding hydrogens is 188 g/mol. The number of hydrogen-bond acceptors (Lipinski definition) is 3. The Bertz CT molecular complexity index is 355. The van der Waals surface area contributed by atoms with Crippen molar-refractivity contribution in [3.05, 3.63) is 24.3 Å². The monoisotopic (exact) mass is 198 g/mol. The summed E-state index contributed by atoms with van der Waals surface area (Å²) in [6.45, 7) is 0. The first-order valence-corrected chi connectivity index (χ1v) is 5.34. The summed E-state index contributed by atoms with van der Waals surface area (Å²) < 4.78 is 26.5. The van der Waals surface area contributed by atoms with Crippen molar-refractivity contribution in [2.45, 2.75) is 23.8 Å². The van der Waals surface area contributed by atoms with Crippen LogP contribution in [-0.2, 0) is 10.7 Å². The van der Waals surface area contributed by atoms with Gasteiger partial charge in [-0.05, 0) is 37.1 Å². The van der Waals surface area contributed by atoms with E-state index < -0.39 is 10.7 Å². The van der Waals surface area contributed by atoms with E-state index in [4.69, 9.17) is 4.74 Å². The number of ether oxygens (including phenoxy) is 1. The average molecular weight is 198 g/mol. The van der Waals surface area contributed by atoms with E-state index in [9.17, 15) is 8.42 Å². The summed E-state index contributed by atoms with van der Waals surface area (Å²) in [6, 6.07) is 6.50. The van der Waals surface area contributed by atoms with Gasteiger partial charge in [0.15, 0.2) is 10.7 Å². The second-order valence-corrected chi connectivity index (χ2v) is 4.10. The van der Waals surface area contributed by atoms with Gasteiger partial charge in [-0.25, -0.2) is 8.42 Å². The van der Waals surface area contributed by atoms with E-state index in [2.05, 4.69) is 0 Å². The van der Waals surface area contributed by atoms with E-state index in [1.54, 1.807) is 24.3 Å². The third kappa shape index (κ3) is 2.21. The minimum Gasteiger partial charge on any atom is -0.490 e. The first-order valence-electron chi connectivity index (χ1n) is 4.17. The Balaban J connectivity index is 2.12. The maximum absolute atomic E-state index is 10.5. The molecule has 0 aromatic heterocycles. The van der Waals surface area contributed by atoms with Crippen molar-refractivity contribution < 1.29 is 13.2 Å². The van der Waals surface area contributed by atoms with Crippen molar-refractivity contribution in [3.63, 3.8) is 0 Å². The fourth-order valence-electron chi connectivity index (χ4n) is 1.02. The topological polar surface area (TPSA) is 43.4 Å². The molecule has 0 N–H and O–H groups in total. The quantitative estimate of drug-likeness (QED) is 0.742. The predicted molar refractivity (Wildman–Crippen MR) is 48.7 cm³/mol. The lowest BCUT2D eigenvalue weighted by atomic mass is 10.3. The molecule has 1 aliphatic carbocycles. The van der Waals surface area contributed by atoms with Gasteiger partial charge in [0.1, 0.15) is 5.75 Å². The molecule has 1 aliphatic rings. The molecule has 70 valence electrons. The Morgan fingerprint density at radius 3 is 2.23 bits per heavy atom. The molecule has 0 saturated heterocycles. The van der Waals surface area contributed by atoms with E-state index in [1.807, 2.05) is 0 Å². The van der Waals surface area contributed by atoms with Crippen molar-refractivity contribution in [3.8, 4) is 5.75 Å². The molecule has 0 radical (unpaired) electrons. The zero-order valence-electron chi connectivity index (χ0n) is 6.97. The van der Waals surface area contributed by atoms with Crippen molar-refractivity contribution in [1.29, 1.82) is 0 Å². The van der Waals surface area contributed by atoms with Gasteiger partial charge in [-0.2, -0.15) is 0 Å². The molecular formula is C9H10O3S. The normalized spacial score (nSPS) is 16.1. The molecule has 1 fully saturated rings. The summed E-state index contributed by atoms with van der Waals surface area (Å²) in [5.41, 5.74) is 0. The predicted octanol–water partition coefficient (Wildman–Crippen LogP) is 1.20. The van der Waals surface area contributed by atoms with Crippen LogP contribution in [0.4, 0.5) is 0 Å². The minimum atomic E-state index is -2.47. The fourth-order valence-corrected chi connectivity index (χ4v) is 1.42. The van der Waals surface area contributed by atoms with Gasteiger partial charge in [0.05, 0.1) is 11.0 Å². The number of thiol groups is 1. The standard InChI is InChI=1S/C9H10O3S/c10-13(11)9-5-3-8(4-6-9)12-7-1-2-7/h3-7,13H,1-2H2. The highest BCUT2D eigenvalue weighted by Gasteiger charge is 2.23. The summed E-state index contributed by atoms with van der Waals surface area (Å²) in [6.07, 6.45) is 2.57. The minimum absolute atomic E-state index is 0.332. The van der Waals surface area contributed by atoms with Crippen LogP contribution in [0.5, 0.6) is 5.75 Å². The third-order valence-corrected chi connectivity index (χ3v) is 2.59. The zero-order valence-corrected chi connectivity index (χ0v) is 7.87. The third-order valence-electron chi connectivity index (χ3n) is 1.87. The molecule has 1 aromatic carbocycles. The molecule has 0 bridgehead atoms. The molecule has 0 atom stereocenters. The SMILES string of the molecule is O=[SH](=O)c1ccc(OC2CC2)cc1. The number of rotatable bonds is 3. The van der Waals surface area contributed by atoms with Crippen LogP contribution in [0.25, 0.3) is 0 Å². The van der Waals surface area contributed by atoms with E-state index in [0.29, 0.717) is 11.0 Å². The summed E-state index contributed by atoms with van der Waals surface area (Å²) in [4.78, 5) is 0.332. The van der Waals surface area contributed by atoms with Gasteiger partial charge < -0.3 is 4.74 Å². The van der Waals surface area contributed by atoms with E-state index in [0.717, 1.165) is 18.6 Å². The first kappa shape index (κ1) is 8.56. The van der Waals surface area contributed by atoms with Crippen molar-refractivity contribution >= 4 is 10.7 Å². The molecule has 0 spiro atoms. The van der Waals surface area contributed by atoms with Crippen LogP contribution in [0.2, 0.25) is 0 Å². The van der Waals surface area contributed by atoms with Crippen molar-refractivity contribution in [2.24, 2.45) is 0 Å². The lowest BCUT2D eigenvalue weighted by Gasteiger charge is -2.02. The van der Waals surface area contributed by atoms with E-state index in [-0.39, 0.29) is 0 Å². The highest BCUT2D eigenvalue weighted by molar-refractivity contribution is 7.72. The number of hydrogen-bond donors (Lipinski definition) is 1. The van der Waals surface area contributed by atoms with Crippen LogP contribution < -0.4 is 4.74 Å². The Hall–Kier alpha value is -1.03. The van der Waals surface area contributed by atoms with Gasteiger partial charge in [0, 0.05) is 0 Å². The molecule has 4 heteroatoms. The highest BCUT2D eigenvalue weighted by Crippen LogP contribution is 2.26. The molecule has 1 saturated carbocycles. The van der Waals surface area contributed by atoms with Gasteiger partial charge >= 0.3 is 0 Å². The molecule has 2 rings (SSSR count). The molecule has 3 nitrogen and oxygen atoms in total. The van der Waals surface area contributed by atoms with Crippen molar-refractivity contribution in [1.82, 2.24) is 0 Å². The molecule has 1 aromatic rings. The Labute approximate surface area is 78.3 Å². The summed E-state index contributed by atoms with van der Waals surface area (Å²) >= 11 is 0. The van der Waals surface area contributed by atoms with Gasteiger partial charge in [-0.1, -0.05) is 0 Å². The summed E-state index contributed by atoms with van der Waals surface area (Å²) in [7, 11) is -2.47. The second-order valence-electron chi connectivity index (χ2n) is 3.07. The molecule has 0 heterocycles.